The topological polar surface area (TPSA) is 12.0 Å². The summed E-state index contributed by atoms with van der Waals surface area (Å²) in [4.78, 5) is 0. The van der Waals surface area contributed by atoms with Crippen molar-refractivity contribution in [1.82, 2.24) is 5.32 Å². The average Bonchev–Trinajstić information content (AvgIpc) is 2.85. The van der Waals surface area contributed by atoms with Gasteiger partial charge in [0.05, 0.1) is 0 Å². The molecule has 0 radical (unpaired) electrons. The predicted octanol–water partition coefficient (Wildman–Crippen LogP) is 4.40. The molecule has 0 fully saturated rings. The summed E-state index contributed by atoms with van der Waals surface area (Å²) in [6, 6.07) is 11.9. The Morgan fingerprint density at radius 2 is 2.05 bits per heavy atom. The minimum Gasteiger partial charge on any atom is -0.310 e. The molecule has 0 spiro atoms. The Hall–Kier alpha value is -1.67. The van der Waals surface area contributed by atoms with E-state index in [0.717, 1.165) is 30.5 Å². The van der Waals surface area contributed by atoms with Crippen molar-refractivity contribution in [2.45, 2.75) is 32.7 Å². The summed E-state index contributed by atoms with van der Waals surface area (Å²) in [6.07, 6.45) is 2.20. The second kappa shape index (κ2) is 5.37. The van der Waals surface area contributed by atoms with E-state index in [-0.39, 0.29) is 5.82 Å². The summed E-state index contributed by atoms with van der Waals surface area (Å²) in [6.45, 7) is 5.16. The Morgan fingerprint density at radius 3 is 2.85 bits per heavy atom. The second-order valence-electron chi connectivity index (χ2n) is 5.48. The molecule has 1 aliphatic carbocycles. The molecule has 0 saturated carbocycles. The Labute approximate surface area is 119 Å². The van der Waals surface area contributed by atoms with Crippen molar-refractivity contribution in [3.63, 3.8) is 0 Å². The molecule has 3 rings (SSSR count). The number of rotatable bonds is 3. The van der Waals surface area contributed by atoms with Gasteiger partial charge in [-0.15, -0.1) is 0 Å². The van der Waals surface area contributed by atoms with Crippen molar-refractivity contribution in [2.24, 2.45) is 0 Å². The zero-order valence-corrected chi connectivity index (χ0v) is 12.0. The van der Waals surface area contributed by atoms with Crippen LogP contribution in [0.4, 0.5) is 4.39 Å². The van der Waals surface area contributed by atoms with Gasteiger partial charge in [-0.25, -0.2) is 4.39 Å². The van der Waals surface area contributed by atoms with Gasteiger partial charge in [-0.05, 0) is 66.3 Å². The van der Waals surface area contributed by atoms with Crippen LogP contribution in [-0.4, -0.2) is 6.54 Å². The van der Waals surface area contributed by atoms with Gasteiger partial charge >= 0.3 is 0 Å². The Morgan fingerprint density at radius 1 is 1.20 bits per heavy atom. The smallest absolute Gasteiger partial charge is 0.123 e. The lowest BCUT2D eigenvalue weighted by atomic mass is 9.93. The first-order valence-corrected chi connectivity index (χ1v) is 7.32. The van der Waals surface area contributed by atoms with Crippen LogP contribution in [0.15, 0.2) is 36.4 Å². The maximum Gasteiger partial charge on any atom is 0.123 e. The average molecular weight is 269 g/mol. The van der Waals surface area contributed by atoms with Gasteiger partial charge in [0.2, 0.25) is 0 Å². The van der Waals surface area contributed by atoms with E-state index in [1.54, 1.807) is 6.07 Å². The monoisotopic (exact) mass is 269 g/mol. The van der Waals surface area contributed by atoms with Crippen LogP contribution in [0.5, 0.6) is 0 Å². The van der Waals surface area contributed by atoms with Crippen molar-refractivity contribution in [2.75, 3.05) is 6.54 Å². The third-order valence-corrected chi connectivity index (χ3v) is 4.21. The van der Waals surface area contributed by atoms with Gasteiger partial charge < -0.3 is 5.32 Å². The van der Waals surface area contributed by atoms with Crippen LogP contribution < -0.4 is 5.32 Å². The van der Waals surface area contributed by atoms with Crippen molar-refractivity contribution in [3.8, 4) is 11.1 Å². The normalized spacial score (nSPS) is 17.2. The molecule has 1 unspecified atom stereocenters. The standard InChI is InChI=1S/C18H20FN/c1-3-20-18-10-9-15-14(5-4-6-16(15)18)17-11-13(19)8-7-12(17)2/h4-8,11,18,20H,3,9-10H2,1-2H3. The van der Waals surface area contributed by atoms with Crippen LogP contribution >= 0.6 is 0 Å². The van der Waals surface area contributed by atoms with Gasteiger partial charge in [-0.1, -0.05) is 31.2 Å². The number of nitrogens with one attached hydrogen (secondary N) is 1. The number of hydrogen-bond acceptors (Lipinski definition) is 1. The molecule has 2 heteroatoms. The first-order chi connectivity index (χ1) is 9.70. The number of aryl methyl sites for hydroxylation is 1. The first kappa shape index (κ1) is 13.3. The van der Waals surface area contributed by atoms with Crippen molar-refractivity contribution in [3.05, 3.63) is 58.9 Å². The molecule has 0 saturated heterocycles. The number of fused-ring (bicyclic) bond motifs is 1. The van der Waals surface area contributed by atoms with Crippen molar-refractivity contribution >= 4 is 0 Å². The number of halogens is 1. The van der Waals surface area contributed by atoms with Gasteiger partial charge in [0, 0.05) is 6.04 Å². The summed E-state index contributed by atoms with van der Waals surface area (Å²) in [5.41, 5.74) is 6.12. The molecule has 1 atom stereocenters. The predicted molar refractivity (Wildman–Crippen MR) is 81.3 cm³/mol. The van der Waals surface area contributed by atoms with E-state index in [4.69, 9.17) is 0 Å². The Bertz CT molecular complexity index is 633. The van der Waals surface area contributed by atoms with E-state index < -0.39 is 0 Å². The minimum atomic E-state index is -0.163. The highest BCUT2D eigenvalue weighted by Crippen LogP contribution is 2.38. The number of benzene rings is 2. The fourth-order valence-electron chi connectivity index (χ4n) is 3.25. The SMILES string of the molecule is CCNC1CCc2c(-c3cc(F)ccc3C)cccc21. The van der Waals surface area contributed by atoms with Gasteiger partial charge in [0.25, 0.3) is 0 Å². The van der Waals surface area contributed by atoms with Gasteiger partial charge in [0.15, 0.2) is 0 Å². The van der Waals surface area contributed by atoms with Crippen molar-refractivity contribution in [1.29, 1.82) is 0 Å². The lowest BCUT2D eigenvalue weighted by Gasteiger charge is -2.15. The van der Waals surface area contributed by atoms with E-state index in [2.05, 4.69) is 30.4 Å². The molecule has 2 aromatic rings. The van der Waals surface area contributed by atoms with Crippen LogP contribution in [0, 0.1) is 12.7 Å². The number of hydrogen-bond donors (Lipinski definition) is 1. The highest BCUT2D eigenvalue weighted by molar-refractivity contribution is 5.72. The maximum absolute atomic E-state index is 13.6. The van der Waals surface area contributed by atoms with Crippen LogP contribution in [0.1, 0.15) is 36.1 Å². The largest absolute Gasteiger partial charge is 0.310 e. The zero-order valence-electron chi connectivity index (χ0n) is 12.0. The molecule has 1 N–H and O–H groups in total. The van der Waals surface area contributed by atoms with Crippen LogP contribution in [0.3, 0.4) is 0 Å². The molecule has 2 aromatic carbocycles. The van der Waals surface area contributed by atoms with Gasteiger partial charge in [-0.2, -0.15) is 0 Å². The van der Waals surface area contributed by atoms with E-state index in [9.17, 15) is 4.39 Å². The highest BCUT2D eigenvalue weighted by atomic mass is 19.1. The summed E-state index contributed by atoms with van der Waals surface area (Å²) in [7, 11) is 0. The van der Waals surface area contributed by atoms with E-state index in [1.807, 2.05) is 13.0 Å². The Balaban J connectivity index is 2.10. The van der Waals surface area contributed by atoms with Crippen molar-refractivity contribution < 1.29 is 4.39 Å². The molecule has 0 heterocycles. The van der Waals surface area contributed by atoms with Crippen LogP contribution in [0.25, 0.3) is 11.1 Å². The van der Waals surface area contributed by atoms with Crippen LogP contribution in [-0.2, 0) is 6.42 Å². The Kier molecular flexibility index (Phi) is 3.58. The highest BCUT2D eigenvalue weighted by Gasteiger charge is 2.24. The third-order valence-electron chi connectivity index (χ3n) is 4.21. The fourth-order valence-corrected chi connectivity index (χ4v) is 3.25. The lowest BCUT2D eigenvalue weighted by molar-refractivity contribution is 0.549. The molecule has 0 aliphatic heterocycles. The zero-order chi connectivity index (χ0) is 14.1. The molecule has 0 amide bonds. The van der Waals surface area contributed by atoms with Crippen LogP contribution in [0.2, 0.25) is 0 Å². The summed E-state index contributed by atoms with van der Waals surface area (Å²) >= 11 is 0. The van der Waals surface area contributed by atoms with Gasteiger partial charge in [-0.3, -0.25) is 0 Å². The molecule has 0 bridgehead atoms. The maximum atomic E-state index is 13.6. The minimum absolute atomic E-state index is 0.163. The third kappa shape index (κ3) is 2.25. The molecule has 1 nitrogen and oxygen atoms in total. The molecule has 104 valence electrons. The molecular weight excluding hydrogens is 249 g/mol. The first-order valence-electron chi connectivity index (χ1n) is 7.32. The fraction of sp³-hybridized carbons (Fsp3) is 0.333. The van der Waals surface area contributed by atoms with E-state index in [1.165, 1.54) is 22.8 Å². The molecule has 0 aromatic heterocycles. The summed E-state index contributed by atoms with van der Waals surface area (Å²) in [5.74, 6) is -0.163. The second-order valence-corrected chi connectivity index (χ2v) is 5.48. The molecule has 20 heavy (non-hydrogen) atoms. The van der Waals surface area contributed by atoms with E-state index in [0.29, 0.717) is 6.04 Å². The lowest BCUT2D eigenvalue weighted by Crippen LogP contribution is -2.18. The summed E-state index contributed by atoms with van der Waals surface area (Å²) in [5, 5.41) is 3.53. The quantitative estimate of drug-likeness (QED) is 0.871. The molecular formula is C18H20FN. The van der Waals surface area contributed by atoms with Gasteiger partial charge in [0.1, 0.15) is 5.82 Å². The molecule has 1 aliphatic rings. The van der Waals surface area contributed by atoms with E-state index >= 15 is 0 Å². The summed E-state index contributed by atoms with van der Waals surface area (Å²) < 4.78 is 13.6.